The van der Waals surface area contributed by atoms with E-state index < -0.39 is 12.1 Å². The number of fused-ring (bicyclic) bond motifs is 1. The number of carbonyl (C=O) groups is 1. The van der Waals surface area contributed by atoms with Gasteiger partial charge in [0.05, 0.1) is 6.04 Å². The van der Waals surface area contributed by atoms with E-state index in [2.05, 4.69) is 0 Å². The van der Waals surface area contributed by atoms with Gasteiger partial charge < -0.3 is 5.73 Å². The molecule has 2 aromatic rings. The zero-order valence-electron chi connectivity index (χ0n) is 9.68. The third kappa shape index (κ3) is 2.11. The molecule has 0 fully saturated rings. The molecule has 5 heteroatoms. The molecule has 1 aromatic carbocycles. The zero-order valence-corrected chi connectivity index (χ0v) is 10.5. The largest absolute Gasteiger partial charge is 0.350 e. The van der Waals surface area contributed by atoms with E-state index >= 15 is 0 Å². The molecule has 0 saturated carbocycles. The molecule has 0 aliphatic carbocycles. The molecule has 1 heterocycles. The van der Waals surface area contributed by atoms with E-state index in [0.29, 0.717) is 5.06 Å². The maximum Gasteiger partial charge on any atom is 0.339 e. The molecule has 1 atom stereocenters. The summed E-state index contributed by atoms with van der Waals surface area (Å²) in [5, 5.41) is 11.2. The molecule has 3 N–H and O–H groups in total. The zero-order chi connectivity index (χ0) is 12.6. The number of hydrogen-bond acceptors (Lipinski definition) is 3. The van der Waals surface area contributed by atoms with Gasteiger partial charge in [0, 0.05) is 9.58 Å². The van der Waals surface area contributed by atoms with Crippen molar-refractivity contribution in [2.75, 3.05) is 0 Å². The highest BCUT2D eigenvalue weighted by Crippen LogP contribution is 2.33. The van der Waals surface area contributed by atoms with Gasteiger partial charge in [-0.2, -0.15) is 5.06 Å². The van der Waals surface area contributed by atoms with E-state index in [9.17, 15) is 10.0 Å². The Morgan fingerprint density at radius 3 is 2.82 bits per heavy atom. The lowest BCUT2D eigenvalue weighted by atomic mass is 10.1. The Hall–Kier alpha value is -1.59. The second kappa shape index (κ2) is 4.35. The summed E-state index contributed by atoms with van der Waals surface area (Å²) in [4.78, 5) is 11.8. The van der Waals surface area contributed by atoms with Crippen LogP contribution in [0.25, 0.3) is 10.1 Å². The van der Waals surface area contributed by atoms with Crippen molar-refractivity contribution in [1.29, 1.82) is 0 Å². The molecule has 0 saturated heterocycles. The second-order valence-corrected chi connectivity index (χ2v) is 5.08. The first-order chi connectivity index (χ1) is 8.00. The van der Waals surface area contributed by atoms with Crippen LogP contribution in [0.4, 0.5) is 4.79 Å². The van der Waals surface area contributed by atoms with Crippen LogP contribution in [-0.4, -0.2) is 16.3 Å². The van der Waals surface area contributed by atoms with Gasteiger partial charge in [0.2, 0.25) is 0 Å². The first-order valence-electron chi connectivity index (χ1n) is 5.27. The van der Waals surface area contributed by atoms with Gasteiger partial charge in [-0.1, -0.05) is 18.2 Å². The lowest BCUT2D eigenvalue weighted by Crippen LogP contribution is -2.34. The average molecular weight is 250 g/mol. The summed E-state index contributed by atoms with van der Waals surface area (Å²) in [6.07, 6.45) is 0. The van der Waals surface area contributed by atoms with Gasteiger partial charge >= 0.3 is 6.03 Å². The molecule has 0 radical (unpaired) electrons. The first-order valence-corrected chi connectivity index (χ1v) is 6.09. The Morgan fingerprint density at radius 1 is 1.53 bits per heavy atom. The summed E-state index contributed by atoms with van der Waals surface area (Å²) in [6, 6.07) is 6.75. The SMILES string of the molecule is Cc1cccc2cc(C(C)N(O)C(N)=O)sc12. The minimum absolute atomic E-state index is 0.427. The molecule has 2 rings (SSSR count). The minimum Gasteiger partial charge on any atom is -0.350 e. The summed E-state index contributed by atoms with van der Waals surface area (Å²) in [5.41, 5.74) is 6.23. The number of rotatable bonds is 2. The van der Waals surface area contributed by atoms with Crippen LogP contribution in [0.5, 0.6) is 0 Å². The normalized spacial score (nSPS) is 12.6. The van der Waals surface area contributed by atoms with Crippen LogP contribution in [0.2, 0.25) is 0 Å². The molecule has 2 amide bonds. The number of carbonyl (C=O) groups excluding carboxylic acids is 1. The highest BCUT2D eigenvalue weighted by Gasteiger charge is 2.19. The monoisotopic (exact) mass is 250 g/mol. The van der Waals surface area contributed by atoms with E-state index in [1.807, 2.05) is 31.2 Å². The molecular weight excluding hydrogens is 236 g/mol. The second-order valence-electron chi connectivity index (χ2n) is 4.00. The molecule has 1 unspecified atom stereocenters. The van der Waals surface area contributed by atoms with E-state index in [0.717, 1.165) is 10.3 Å². The number of hydrogen-bond donors (Lipinski definition) is 2. The molecule has 17 heavy (non-hydrogen) atoms. The highest BCUT2D eigenvalue weighted by atomic mass is 32.1. The van der Waals surface area contributed by atoms with Gasteiger partial charge in [-0.3, -0.25) is 5.21 Å². The molecule has 90 valence electrons. The fourth-order valence-electron chi connectivity index (χ4n) is 1.75. The van der Waals surface area contributed by atoms with Gasteiger partial charge in [-0.15, -0.1) is 11.3 Å². The lowest BCUT2D eigenvalue weighted by molar-refractivity contribution is -0.0700. The van der Waals surface area contributed by atoms with E-state index in [-0.39, 0.29) is 0 Å². The van der Waals surface area contributed by atoms with Crippen LogP contribution >= 0.6 is 11.3 Å². The number of thiophene rings is 1. The van der Waals surface area contributed by atoms with Crippen molar-refractivity contribution in [1.82, 2.24) is 5.06 Å². The number of nitrogens with zero attached hydrogens (tertiary/aromatic N) is 1. The van der Waals surface area contributed by atoms with Gasteiger partial charge in [-0.05, 0) is 30.9 Å². The predicted octanol–water partition coefficient (Wildman–Crippen LogP) is 3.04. The van der Waals surface area contributed by atoms with E-state index in [1.165, 1.54) is 10.3 Å². The van der Waals surface area contributed by atoms with Crippen LogP contribution in [0.1, 0.15) is 23.4 Å². The molecule has 0 spiro atoms. The van der Waals surface area contributed by atoms with Crippen LogP contribution in [-0.2, 0) is 0 Å². The number of aryl methyl sites for hydroxylation is 1. The van der Waals surface area contributed by atoms with Gasteiger partial charge in [0.15, 0.2) is 0 Å². The van der Waals surface area contributed by atoms with Crippen LogP contribution in [0, 0.1) is 6.92 Å². The number of hydroxylamine groups is 2. The van der Waals surface area contributed by atoms with Gasteiger partial charge in [0.25, 0.3) is 0 Å². The minimum atomic E-state index is -0.841. The van der Waals surface area contributed by atoms with Crippen LogP contribution in [0.3, 0.4) is 0 Å². The van der Waals surface area contributed by atoms with Crippen LogP contribution < -0.4 is 5.73 Å². The quantitative estimate of drug-likeness (QED) is 0.635. The number of amides is 2. The number of urea groups is 1. The molecule has 4 nitrogen and oxygen atoms in total. The Morgan fingerprint density at radius 2 is 2.24 bits per heavy atom. The third-order valence-electron chi connectivity index (χ3n) is 2.76. The summed E-state index contributed by atoms with van der Waals surface area (Å²) < 4.78 is 1.17. The van der Waals surface area contributed by atoms with E-state index in [1.54, 1.807) is 18.3 Å². The van der Waals surface area contributed by atoms with Crippen molar-refractivity contribution in [3.05, 3.63) is 34.7 Å². The summed E-state index contributed by atoms with van der Waals surface area (Å²) in [7, 11) is 0. The number of primary amides is 1. The summed E-state index contributed by atoms with van der Waals surface area (Å²) >= 11 is 1.57. The number of benzene rings is 1. The molecule has 0 aliphatic heterocycles. The molecule has 0 aliphatic rings. The van der Waals surface area contributed by atoms with Crippen molar-refractivity contribution in [2.24, 2.45) is 5.73 Å². The highest BCUT2D eigenvalue weighted by molar-refractivity contribution is 7.19. The Labute approximate surface area is 103 Å². The van der Waals surface area contributed by atoms with Gasteiger partial charge in [-0.25, -0.2) is 4.79 Å². The maximum atomic E-state index is 10.9. The fourth-order valence-corrected chi connectivity index (χ4v) is 2.91. The molecule has 0 bridgehead atoms. The van der Waals surface area contributed by atoms with Crippen molar-refractivity contribution < 1.29 is 10.0 Å². The summed E-state index contributed by atoms with van der Waals surface area (Å²) in [6.45, 7) is 3.78. The predicted molar refractivity (Wildman–Crippen MR) is 68.2 cm³/mol. The Balaban J connectivity index is 2.43. The fraction of sp³-hybridized carbons (Fsp3) is 0.250. The first kappa shape index (κ1) is 11.9. The number of nitrogens with two attached hydrogens (primary N) is 1. The lowest BCUT2D eigenvalue weighted by Gasteiger charge is -2.18. The Kier molecular flexibility index (Phi) is 3.04. The van der Waals surface area contributed by atoms with Crippen molar-refractivity contribution in [3.8, 4) is 0 Å². The van der Waals surface area contributed by atoms with Crippen molar-refractivity contribution in [3.63, 3.8) is 0 Å². The maximum absolute atomic E-state index is 10.9. The van der Waals surface area contributed by atoms with Crippen LogP contribution in [0.15, 0.2) is 24.3 Å². The third-order valence-corrected chi connectivity index (χ3v) is 4.22. The average Bonchev–Trinajstić information content (AvgIpc) is 2.72. The smallest absolute Gasteiger partial charge is 0.339 e. The van der Waals surface area contributed by atoms with E-state index in [4.69, 9.17) is 5.73 Å². The van der Waals surface area contributed by atoms with Gasteiger partial charge in [0.1, 0.15) is 0 Å². The van der Waals surface area contributed by atoms with Crippen molar-refractivity contribution in [2.45, 2.75) is 19.9 Å². The Bertz CT molecular complexity index is 565. The van der Waals surface area contributed by atoms with Crippen molar-refractivity contribution >= 4 is 27.5 Å². The molecular formula is C12H14N2O2S. The topological polar surface area (TPSA) is 66.6 Å². The standard InChI is InChI=1S/C12H14N2O2S/c1-7-4-3-5-9-6-10(17-11(7)9)8(2)14(16)12(13)15/h3-6,8,16H,1-2H3,(H2,13,15). The molecule has 1 aromatic heterocycles. The summed E-state index contributed by atoms with van der Waals surface area (Å²) in [5.74, 6) is 0.